The second kappa shape index (κ2) is 5.81. The number of furan rings is 1. The molecule has 0 aliphatic carbocycles. The van der Waals surface area contributed by atoms with Gasteiger partial charge in [0.1, 0.15) is 5.76 Å². The SMILES string of the molecule is Cc1occc1CN(C)C(=O)NC(C)c1cnn(C)c1. The lowest BCUT2D eigenvalue weighted by Gasteiger charge is -2.20. The molecule has 0 saturated carbocycles. The van der Waals surface area contributed by atoms with E-state index in [1.54, 1.807) is 29.1 Å². The van der Waals surface area contributed by atoms with Crippen molar-refractivity contribution in [2.75, 3.05) is 7.05 Å². The topological polar surface area (TPSA) is 63.3 Å². The van der Waals surface area contributed by atoms with Crippen LogP contribution in [0.15, 0.2) is 29.1 Å². The third-order valence-electron chi connectivity index (χ3n) is 3.29. The fourth-order valence-electron chi connectivity index (χ4n) is 1.95. The maximum atomic E-state index is 12.1. The Bertz CT molecular complexity index is 588. The lowest BCUT2D eigenvalue weighted by Crippen LogP contribution is -2.38. The highest BCUT2D eigenvalue weighted by atomic mass is 16.3. The summed E-state index contributed by atoms with van der Waals surface area (Å²) in [6.07, 6.45) is 5.28. The number of urea groups is 1. The first-order chi connectivity index (χ1) is 9.47. The highest BCUT2D eigenvalue weighted by molar-refractivity contribution is 5.74. The van der Waals surface area contributed by atoms with Gasteiger partial charge in [-0.25, -0.2) is 4.79 Å². The van der Waals surface area contributed by atoms with Crippen molar-refractivity contribution in [2.24, 2.45) is 7.05 Å². The Balaban J connectivity index is 1.92. The molecule has 0 bridgehead atoms. The van der Waals surface area contributed by atoms with Gasteiger partial charge in [-0.1, -0.05) is 0 Å². The zero-order chi connectivity index (χ0) is 14.7. The molecule has 2 rings (SSSR count). The van der Waals surface area contributed by atoms with Crippen LogP contribution in [0.5, 0.6) is 0 Å². The summed E-state index contributed by atoms with van der Waals surface area (Å²) in [6.45, 7) is 4.35. The molecule has 6 heteroatoms. The van der Waals surface area contributed by atoms with Gasteiger partial charge in [0, 0.05) is 31.4 Å². The Morgan fingerprint density at radius 2 is 2.35 bits per heavy atom. The van der Waals surface area contributed by atoms with Crippen LogP contribution >= 0.6 is 0 Å². The number of aryl methyl sites for hydroxylation is 2. The first kappa shape index (κ1) is 14.2. The van der Waals surface area contributed by atoms with Crippen LogP contribution in [0.3, 0.4) is 0 Å². The van der Waals surface area contributed by atoms with Gasteiger partial charge in [0.05, 0.1) is 25.0 Å². The second-order valence-corrected chi connectivity index (χ2v) is 4.98. The van der Waals surface area contributed by atoms with Gasteiger partial charge < -0.3 is 14.6 Å². The van der Waals surface area contributed by atoms with Gasteiger partial charge in [0.25, 0.3) is 0 Å². The molecule has 108 valence electrons. The van der Waals surface area contributed by atoms with Crippen LogP contribution in [-0.4, -0.2) is 27.8 Å². The van der Waals surface area contributed by atoms with Crippen LogP contribution in [0.2, 0.25) is 0 Å². The summed E-state index contributed by atoms with van der Waals surface area (Å²) < 4.78 is 6.95. The third-order valence-corrected chi connectivity index (χ3v) is 3.29. The number of aromatic nitrogens is 2. The number of amides is 2. The quantitative estimate of drug-likeness (QED) is 0.931. The van der Waals surface area contributed by atoms with Crippen molar-refractivity contribution in [3.63, 3.8) is 0 Å². The standard InChI is InChI=1S/C14H20N4O2/c1-10(13-7-15-18(4)9-13)16-14(19)17(3)8-12-5-6-20-11(12)2/h5-7,9-10H,8H2,1-4H3,(H,16,19). The summed E-state index contributed by atoms with van der Waals surface area (Å²) in [5, 5.41) is 7.05. The van der Waals surface area contributed by atoms with Gasteiger partial charge in [-0.3, -0.25) is 4.68 Å². The van der Waals surface area contributed by atoms with E-state index in [0.29, 0.717) is 6.54 Å². The lowest BCUT2D eigenvalue weighted by molar-refractivity contribution is 0.203. The molecule has 0 spiro atoms. The van der Waals surface area contributed by atoms with E-state index in [2.05, 4.69) is 10.4 Å². The van der Waals surface area contributed by atoms with E-state index < -0.39 is 0 Å². The van der Waals surface area contributed by atoms with Crippen LogP contribution in [0.25, 0.3) is 0 Å². The average molecular weight is 276 g/mol. The van der Waals surface area contributed by atoms with Crippen molar-refractivity contribution >= 4 is 6.03 Å². The largest absolute Gasteiger partial charge is 0.469 e. The van der Waals surface area contributed by atoms with Crippen molar-refractivity contribution in [1.82, 2.24) is 20.0 Å². The Morgan fingerprint density at radius 1 is 1.60 bits per heavy atom. The van der Waals surface area contributed by atoms with Gasteiger partial charge >= 0.3 is 6.03 Å². The van der Waals surface area contributed by atoms with Gasteiger partial charge in [-0.15, -0.1) is 0 Å². The van der Waals surface area contributed by atoms with Crippen LogP contribution in [0, 0.1) is 6.92 Å². The van der Waals surface area contributed by atoms with Gasteiger partial charge in [-0.05, 0) is 19.9 Å². The first-order valence-corrected chi connectivity index (χ1v) is 6.50. The summed E-state index contributed by atoms with van der Waals surface area (Å²) in [4.78, 5) is 13.8. The minimum absolute atomic E-state index is 0.0795. The number of carbonyl (C=O) groups is 1. The summed E-state index contributed by atoms with van der Waals surface area (Å²) >= 11 is 0. The van der Waals surface area contributed by atoms with Crippen LogP contribution in [0.1, 0.15) is 29.9 Å². The fraction of sp³-hybridized carbons (Fsp3) is 0.429. The molecule has 20 heavy (non-hydrogen) atoms. The minimum Gasteiger partial charge on any atom is -0.469 e. The summed E-state index contributed by atoms with van der Waals surface area (Å²) in [6, 6.07) is 1.68. The lowest BCUT2D eigenvalue weighted by atomic mass is 10.2. The normalized spacial score (nSPS) is 12.2. The molecule has 2 aromatic heterocycles. The zero-order valence-electron chi connectivity index (χ0n) is 12.3. The Labute approximate surface area is 118 Å². The highest BCUT2D eigenvalue weighted by Gasteiger charge is 2.15. The van der Waals surface area contributed by atoms with E-state index in [-0.39, 0.29) is 12.1 Å². The number of rotatable bonds is 4. The molecule has 2 amide bonds. The fourth-order valence-corrected chi connectivity index (χ4v) is 1.95. The van der Waals surface area contributed by atoms with Crippen LogP contribution < -0.4 is 5.32 Å². The Kier molecular flexibility index (Phi) is 4.12. The number of hydrogen-bond acceptors (Lipinski definition) is 3. The smallest absolute Gasteiger partial charge is 0.317 e. The minimum atomic E-state index is -0.123. The van der Waals surface area contributed by atoms with Crippen LogP contribution in [-0.2, 0) is 13.6 Å². The second-order valence-electron chi connectivity index (χ2n) is 4.98. The van der Waals surface area contributed by atoms with Crippen molar-refractivity contribution in [2.45, 2.75) is 26.4 Å². The van der Waals surface area contributed by atoms with E-state index in [1.807, 2.05) is 33.2 Å². The van der Waals surface area contributed by atoms with Crippen molar-refractivity contribution in [3.8, 4) is 0 Å². The number of hydrogen-bond donors (Lipinski definition) is 1. The monoisotopic (exact) mass is 276 g/mol. The molecule has 0 aromatic carbocycles. The van der Waals surface area contributed by atoms with E-state index in [0.717, 1.165) is 16.9 Å². The zero-order valence-corrected chi connectivity index (χ0v) is 12.3. The Morgan fingerprint density at radius 3 is 2.90 bits per heavy atom. The molecular weight excluding hydrogens is 256 g/mol. The summed E-state index contributed by atoms with van der Waals surface area (Å²) in [5.41, 5.74) is 1.99. The van der Waals surface area contributed by atoms with E-state index in [9.17, 15) is 4.79 Å². The van der Waals surface area contributed by atoms with Crippen molar-refractivity contribution in [3.05, 3.63) is 41.6 Å². The average Bonchev–Trinajstić information content (AvgIpc) is 2.99. The first-order valence-electron chi connectivity index (χ1n) is 6.50. The Hall–Kier alpha value is -2.24. The molecule has 2 aromatic rings. The summed E-state index contributed by atoms with van der Waals surface area (Å²) in [5.74, 6) is 0.838. The highest BCUT2D eigenvalue weighted by Crippen LogP contribution is 2.13. The number of nitrogens with one attached hydrogen (secondary N) is 1. The predicted molar refractivity (Wildman–Crippen MR) is 75.1 cm³/mol. The van der Waals surface area contributed by atoms with Gasteiger partial charge in [0.15, 0.2) is 0 Å². The number of carbonyl (C=O) groups excluding carboxylic acids is 1. The maximum Gasteiger partial charge on any atom is 0.317 e. The van der Waals surface area contributed by atoms with Crippen molar-refractivity contribution < 1.29 is 9.21 Å². The maximum absolute atomic E-state index is 12.1. The van der Waals surface area contributed by atoms with Gasteiger partial charge in [-0.2, -0.15) is 5.10 Å². The molecule has 0 radical (unpaired) electrons. The third kappa shape index (κ3) is 3.20. The van der Waals surface area contributed by atoms with Crippen LogP contribution in [0.4, 0.5) is 4.79 Å². The van der Waals surface area contributed by atoms with E-state index >= 15 is 0 Å². The molecule has 0 aliphatic rings. The molecule has 0 aliphatic heterocycles. The molecule has 2 heterocycles. The van der Waals surface area contributed by atoms with Gasteiger partial charge in [0.2, 0.25) is 0 Å². The molecule has 0 fully saturated rings. The molecule has 0 saturated heterocycles. The molecular formula is C14H20N4O2. The van der Waals surface area contributed by atoms with Crippen molar-refractivity contribution in [1.29, 1.82) is 0 Å². The number of nitrogens with zero attached hydrogens (tertiary/aromatic N) is 3. The molecule has 6 nitrogen and oxygen atoms in total. The predicted octanol–water partition coefficient (Wildman–Crippen LogP) is 2.22. The molecule has 1 N–H and O–H groups in total. The summed E-state index contributed by atoms with van der Waals surface area (Å²) in [7, 11) is 3.61. The van der Waals surface area contributed by atoms with E-state index in [4.69, 9.17) is 4.42 Å². The molecule has 1 atom stereocenters. The van der Waals surface area contributed by atoms with E-state index in [1.165, 1.54) is 0 Å². The molecule has 1 unspecified atom stereocenters.